The van der Waals surface area contributed by atoms with Gasteiger partial charge in [-0.15, -0.1) is 6.58 Å². The summed E-state index contributed by atoms with van der Waals surface area (Å²) in [5.74, 6) is 1.86. The fourth-order valence-corrected chi connectivity index (χ4v) is 2.18. The van der Waals surface area contributed by atoms with Gasteiger partial charge in [0.2, 0.25) is 5.95 Å². The van der Waals surface area contributed by atoms with Crippen LogP contribution in [0.3, 0.4) is 0 Å². The highest BCUT2D eigenvalue weighted by Crippen LogP contribution is 2.38. The normalized spacial score (nSPS) is 24.7. The third kappa shape index (κ3) is 2.06. The van der Waals surface area contributed by atoms with Gasteiger partial charge >= 0.3 is 0 Å². The van der Waals surface area contributed by atoms with Crippen LogP contribution in [0, 0.1) is 12.8 Å². The highest BCUT2D eigenvalue weighted by atomic mass is 15.2. The van der Waals surface area contributed by atoms with Gasteiger partial charge in [-0.2, -0.15) is 0 Å². The zero-order valence-electron chi connectivity index (χ0n) is 9.53. The molecule has 1 heterocycles. The van der Waals surface area contributed by atoms with E-state index in [2.05, 4.69) is 34.6 Å². The minimum absolute atomic E-state index is 0.647. The highest BCUT2D eigenvalue weighted by molar-refractivity contribution is 5.30. The lowest BCUT2D eigenvalue weighted by Crippen LogP contribution is -2.25. The molecule has 0 spiro atoms. The maximum absolute atomic E-state index is 4.48. The third-order valence-corrected chi connectivity index (χ3v) is 3.00. The molecular formula is C12H19N3. The summed E-state index contributed by atoms with van der Waals surface area (Å²) >= 11 is 0. The van der Waals surface area contributed by atoms with Crippen LogP contribution in [0.1, 0.15) is 31.5 Å². The molecule has 1 aliphatic rings. The lowest BCUT2D eigenvalue weighted by Gasteiger charge is -2.34. The van der Waals surface area contributed by atoms with E-state index in [1.54, 1.807) is 0 Å². The Labute approximate surface area is 91.2 Å². The number of imidazole rings is 1. The molecule has 0 radical (unpaired) electrons. The largest absolute Gasteiger partial charge is 0.352 e. The van der Waals surface area contributed by atoms with Gasteiger partial charge in [-0.1, -0.05) is 13.0 Å². The molecule has 0 aliphatic heterocycles. The molecule has 0 amide bonds. The monoisotopic (exact) mass is 205 g/mol. The van der Waals surface area contributed by atoms with E-state index in [0.717, 1.165) is 24.1 Å². The molecule has 1 aromatic heterocycles. The fraction of sp³-hybridized carbons (Fsp3) is 0.583. The molecule has 2 rings (SSSR count). The predicted octanol–water partition coefficient (Wildman–Crippen LogP) is 2.76. The van der Waals surface area contributed by atoms with Crippen LogP contribution in [-0.4, -0.2) is 16.1 Å². The molecule has 1 aromatic rings. The smallest absolute Gasteiger partial charge is 0.203 e. The molecule has 15 heavy (non-hydrogen) atoms. The van der Waals surface area contributed by atoms with Gasteiger partial charge < -0.3 is 9.88 Å². The molecule has 1 saturated carbocycles. The van der Waals surface area contributed by atoms with E-state index < -0.39 is 0 Å². The van der Waals surface area contributed by atoms with Crippen molar-refractivity contribution in [3.63, 3.8) is 0 Å². The summed E-state index contributed by atoms with van der Waals surface area (Å²) in [5.41, 5.74) is 1.08. The average Bonchev–Trinajstić information content (AvgIpc) is 2.51. The maximum atomic E-state index is 4.48. The Bertz CT molecular complexity index is 348. The summed E-state index contributed by atoms with van der Waals surface area (Å²) in [7, 11) is 0. The van der Waals surface area contributed by atoms with Crippen molar-refractivity contribution < 1.29 is 0 Å². The lowest BCUT2D eigenvalue weighted by atomic mass is 9.82. The summed E-state index contributed by atoms with van der Waals surface area (Å²) in [5, 5.41) is 3.28. The zero-order chi connectivity index (χ0) is 10.8. The van der Waals surface area contributed by atoms with Crippen LogP contribution < -0.4 is 5.32 Å². The van der Waals surface area contributed by atoms with E-state index in [1.165, 1.54) is 12.8 Å². The minimum atomic E-state index is 0.647. The van der Waals surface area contributed by atoms with Crippen molar-refractivity contribution in [2.24, 2.45) is 5.92 Å². The Morgan fingerprint density at radius 3 is 3.00 bits per heavy atom. The van der Waals surface area contributed by atoms with Crippen molar-refractivity contribution in [2.45, 2.75) is 32.7 Å². The van der Waals surface area contributed by atoms with Gasteiger partial charge in [0.1, 0.15) is 0 Å². The summed E-state index contributed by atoms with van der Waals surface area (Å²) in [6.07, 6.45) is 6.55. The topological polar surface area (TPSA) is 29.9 Å². The van der Waals surface area contributed by atoms with Crippen molar-refractivity contribution in [1.29, 1.82) is 0 Å². The quantitative estimate of drug-likeness (QED) is 0.766. The predicted molar refractivity (Wildman–Crippen MR) is 63.1 cm³/mol. The first-order valence-electron chi connectivity index (χ1n) is 5.61. The van der Waals surface area contributed by atoms with Crippen LogP contribution in [0.15, 0.2) is 18.9 Å². The van der Waals surface area contributed by atoms with Gasteiger partial charge in [0.15, 0.2) is 0 Å². The number of anilines is 1. The van der Waals surface area contributed by atoms with Gasteiger partial charge in [0, 0.05) is 18.8 Å². The second-order valence-corrected chi connectivity index (χ2v) is 4.51. The van der Waals surface area contributed by atoms with Crippen LogP contribution in [0.2, 0.25) is 0 Å². The van der Waals surface area contributed by atoms with E-state index in [0.29, 0.717) is 6.04 Å². The van der Waals surface area contributed by atoms with E-state index >= 15 is 0 Å². The van der Waals surface area contributed by atoms with Gasteiger partial charge in [-0.05, 0) is 25.7 Å². The number of hydrogen-bond acceptors (Lipinski definition) is 2. The van der Waals surface area contributed by atoms with Gasteiger partial charge in [-0.25, -0.2) is 4.98 Å². The molecule has 0 saturated heterocycles. The van der Waals surface area contributed by atoms with Crippen molar-refractivity contribution in [2.75, 3.05) is 11.9 Å². The van der Waals surface area contributed by atoms with Crippen LogP contribution >= 0.6 is 0 Å². The van der Waals surface area contributed by atoms with Crippen molar-refractivity contribution in [3.8, 4) is 0 Å². The Kier molecular flexibility index (Phi) is 2.80. The fourth-order valence-electron chi connectivity index (χ4n) is 2.18. The summed E-state index contributed by atoms with van der Waals surface area (Å²) in [6.45, 7) is 8.82. The van der Waals surface area contributed by atoms with Crippen LogP contribution in [0.25, 0.3) is 0 Å². The Morgan fingerprint density at radius 2 is 2.40 bits per heavy atom. The molecule has 0 bridgehead atoms. The molecule has 0 unspecified atom stereocenters. The standard InChI is InChI=1S/C12H19N3/c1-4-5-13-12-14-10(3)8-15(12)11-6-9(2)7-11/h4,8-9,11H,1,5-7H2,2-3H3,(H,13,14). The lowest BCUT2D eigenvalue weighted by molar-refractivity contribution is 0.218. The Hall–Kier alpha value is -1.25. The first-order chi connectivity index (χ1) is 7.20. The second-order valence-electron chi connectivity index (χ2n) is 4.51. The molecule has 82 valence electrons. The summed E-state index contributed by atoms with van der Waals surface area (Å²) in [4.78, 5) is 4.48. The molecule has 1 N–H and O–H groups in total. The minimum Gasteiger partial charge on any atom is -0.352 e. The molecular weight excluding hydrogens is 186 g/mol. The summed E-state index contributed by atoms with van der Waals surface area (Å²) in [6, 6.07) is 0.647. The first-order valence-corrected chi connectivity index (χ1v) is 5.61. The van der Waals surface area contributed by atoms with Crippen LogP contribution in [0.5, 0.6) is 0 Å². The molecule has 0 atom stereocenters. The van der Waals surface area contributed by atoms with Gasteiger partial charge in [0.05, 0.1) is 5.69 Å². The molecule has 3 nitrogen and oxygen atoms in total. The molecule has 0 aromatic carbocycles. The first kappa shape index (κ1) is 10.3. The number of rotatable bonds is 4. The Morgan fingerprint density at radius 1 is 1.67 bits per heavy atom. The van der Waals surface area contributed by atoms with Crippen molar-refractivity contribution in [3.05, 3.63) is 24.5 Å². The highest BCUT2D eigenvalue weighted by Gasteiger charge is 2.28. The number of nitrogens with one attached hydrogen (secondary N) is 1. The van der Waals surface area contributed by atoms with E-state index in [1.807, 2.05) is 13.0 Å². The number of aromatic nitrogens is 2. The van der Waals surface area contributed by atoms with Gasteiger partial charge in [0.25, 0.3) is 0 Å². The van der Waals surface area contributed by atoms with Crippen LogP contribution in [-0.2, 0) is 0 Å². The van der Waals surface area contributed by atoms with Crippen molar-refractivity contribution in [1.82, 2.24) is 9.55 Å². The van der Waals surface area contributed by atoms with E-state index in [-0.39, 0.29) is 0 Å². The third-order valence-electron chi connectivity index (χ3n) is 3.00. The van der Waals surface area contributed by atoms with Crippen LogP contribution in [0.4, 0.5) is 5.95 Å². The van der Waals surface area contributed by atoms with Gasteiger partial charge in [-0.3, -0.25) is 0 Å². The van der Waals surface area contributed by atoms with Crippen molar-refractivity contribution >= 4 is 5.95 Å². The molecule has 1 fully saturated rings. The number of hydrogen-bond donors (Lipinski definition) is 1. The Balaban J connectivity index is 2.11. The number of nitrogens with zero attached hydrogens (tertiary/aromatic N) is 2. The number of aryl methyl sites for hydroxylation is 1. The summed E-state index contributed by atoms with van der Waals surface area (Å²) < 4.78 is 2.28. The SMILES string of the molecule is C=CCNc1nc(C)cn1C1CC(C)C1. The second kappa shape index (κ2) is 4.09. The zero-order valence-corrected chi connectivity index (χ0v) is 9.53. The van der Waals surface area contributed by atoms with E-state index in [9.17, 15) is 0 Å². The average molecular weight is 205 g/mol. The molecule has 3 heteroatoms. The molecule has 1 aliphatic carbocycles. The maximum Gasteiger partial charge on any atom is 0.203 e. The van der Waals surface area contributed by atoms with E-state index in [4.69, 9.17) is 0 Å².